The molecule has 0 amide bonds. The second-order valence-electron chi connectivity index (χ2n) is 6.01. The summed E-state index contributed by atoms with van der Waals surface area (Å²) in [5, 5.41) is 3.93. The van der Waals surface area contributed by atoms with E-state index in [1.807, 2.05) is 18.2 Å². The standard InChI is InChI=1S/C19H16FN7O2/c1-27(13-7-4-6-12(20)10-13)19-24-15(23-18(21)25-19)16-22-17(29-26-16)11-5-3-8-14(9-11)28-2/h3-10H,1-2H3,(H2,21,23,24,25). The topological polar surface area (TPSA) is 116 Å². The molecule has 4 rings (SSSR count). The van der Waals surface area contributed by atoms with E-state index in [1.165, 1.54) is 12.1 Å². The number of anilines is 3. The van der Waals surface area contributed by atoms with Crippen LogP contribution in [-0.2, 0) is 0 Å². The molecule has 2 N–H and O–H groups in total. The molecule has 29 heavy (non-hydrogen) atoms. The number of halogens is 1. The van der Waals surface area contributed by atoms with Crippen LogP contribution in [0.1, 0.15) is 0 Å². The third-order valence-electron chi connectivity index (χ3n) is 4.08. The van der Waals surface area contributed by atoms with Crippen LogP contribution < -0.4 is 15.4 Å². The molecule has 0 saturated carbocycles. The summed E-state index contributed by atoms with van der Waals surface area (Å²) in [6.45, 7) is 0. The van der Waals surface area contributed by atoms with E-state index in [0.717, 1.165) is 0 Å². The second-order valence-corrected chi connectivity index (χ2v) is 6.01. The first-order chi connectivity index (χ1) is 14.0. The molecule has 2 heterocycles. The van der Waals surface area contributed by atoms with Crippen LogP contribution in [0.4, 0.5) is 22.0 Å². The highest BCUT2D eigenvalue weighted by Crippen LogP contribution is 2.26. The molecule has 0 aliphatic rings. The van der Waals surface area contributed by atoms with Gasteiger partial charge in [0.25, 0.3) is 5.89 Å². The zero-order valence-corrected chi connectivity index (χ0v) is 15.6. The highest BCUT2D eigenvalue weighted by atomic mass is 19.1. The number of ether oxygens (including phenoxy) is 1. The van der Waals surface area contributed by atoms with Crippen molar-refractivity contribution in [3.8, 4) is 28.9 Å². The smallest absolute Gasteiger partial charge is 0.258 e. The summed E-state index contributed by atoms with van der Waals surface area (Å²) in [6, 6.07) is 13.2. The summed E-state index contributed by atoms with van der Waals surface area (Å²) in [5.74, 6) is 1.02. The maximum absolute atomic E-state index is 13.5. The normalized spacial score (nSPS) is 10.7. The lowest BCUT2D eigenvalue weighted by Crippen LogP contribution is -2.15. The number of hydrogen-bond donors (Lipinski definition) is 1. The Labute approximate surface area is 165 Å². The van der Waals surface area contributed by atoms with E-state index in [2.05, 4.69) is 25.1 Å². The summed E-state index contributed by atoms with van der Waals surface area (Å²) in [6.07, 6.45) is 0. The zero-order chi connectivity index (χ0) is 20.4. The predicted molar refractivity (Wildman–Crippen MR) is 104 cm³/mol. The quantitative estimate of drug-likeness (QED) is 0.546. The number of aromatic nitrogens is 5. The van der Waals surface area contributed by atoms with Gasteiger partial charge < -0.3 is 19.9 Å². The van der Waals surface area contributed by atoms with Gasteiger partial charge in [-0.05, 0) is 36.4 Å². The van der Waals surface area contributed by atoms with E-state index in [1.54, 1.807) is 37.3 Å². The highest BCUT2D eigenvalue weighted by molar-refractivity contribution is 5.61. The minimum Gasteiger partial charge on any atom is -0.497 e. The first kappa shape index (κ1) is 18.3. The van der Waals surface area contributed by atoms with Crippen LogP contribution >= 0.6 is 0 Å². The van der Waals surface area contributed by atoms with E-state index in [-0.39, 0.29) is 35.3 Å². The van der Waals surface area contributed by atoms with Crippen molar-refractivity contribution in [1.29, 1.82) is 0 Å². The van der Waals surface area contributed by atoms with Crippen molar-refractivity contribution in [2.24, 2.45) is 0 Å². The molecule has 2 aromatic carbocycles. The number of nitrogens with zero attached hydrogens (tertiary/aromatic N) is 6. The van der Waals surface area contributed by atoms with Crippen molar-refractivity contribution >= 4 is 17.6 Å². The molecular weight excluding hydrogens is 377 g/mol. The lowest BCUT2D eigenvalue weighted by atomic mass is 10.2. The first-order valence-electron chi connectivity index (χ1n) is 8.53. The van der Waals surface area contributed by atoms with Gasteiger partial charge >= 0.3 is 0 Å². The number of hydrogen-bond acceptors (Lipinski definition) is 9. The van der Waals surface area contributed by atoms with Crippen molar-refractivity contribution in [3.63, 3.8) is 0 Å². The van der Waals surface area contributed by atoms with E-state index in [4.69, 9.17) is 15.0 Å². The third kappa shape index (κ3) is 3.81. The summed E-state index contributed by atoms with van der Waals surface area (Å²) in [7, 11) is 3.26. The number of methoxy groups -OCH3 is 1. The van der Waals surface area contributed by atoms with Crippen molar-refractivity contribution in [3.05, 3.63) is 54.3 Å². The molecular formula is C19H16FN7O2. The largest absolute Gasteiger partial charge is 0.497 e. The molecule has 0 fully saturated rings. The number of nitrogens with two attached hydrogens (primary N) is 1. The average Bonchev–Trinajstić information content (AvgIpc) is 3.23. The maximum atomic E-state index is 13.5. The van der Waals surface area contributed by atoms with Gasteiger partial charge in [-0.1, -0.05) is 17.3 Å². The molecule has 146 valence electrons. The fourth-order valence-corrected chi connectivity index (χ4v) is 2.62. The first-order valence-corrected chi connectivity index (χ1v) is 8.53. The van der Waals surface area contributed by atoms with Crippen molar-refractivity contribution in [2.45, 2.75) is 0 Å². The monoisotopic (exact) mass is 393 g/mol. The van der Waals surface area contributed by atoms with Gasteiger partial charge in [-0.3, -0.25) is 0 Å². The molecule has 0 atom stereocenters. The average molecular weight is 393 g/mol. The Hall–Kier alpha value is -4.08. The van der Waals surface area contributed by atoms with Crippen molar-refractivity contribution in [2.75, 3.05) is 24.8 Å². The minimum atomic E-state index is -0.377. The fraction of sp³-hybridized carbons (Fsp3) is 0.105. The molecule has 0 aliphatic heterocycles. The van der Waals surface area contributed by atoms with Gasteiger partial charge in [-0.2, -0.15) is 19.9 Å². The Kier molecular flexibility index (Phi) is 4.73. The van der Waals surface area contributed by atoms with Gasteiger partial charge in [0.15, 0.2) is 0 Å². The zero-order valence-electron chi connectivity index (χ0n) is 15.6. The Morgan fingerprint density at radius 3 is 2.62 bits per heavy atom. The molecule has 0 bridgehead atoms. The molecule has 0 spiro atoms. The second kappa shape index (κ2) is 7.50. The minimum absolute atomic E-state index is 0.0269. The van der Waals surface area contributed by atoms with Crippen LogP contribution in [-0.4, -0.2) is 39.3 Å². The van der Waals surface area contributed by atoms with Crippen LogP contribution in [0, 0.1) is 5.82 Å². The van der Waals surface area contributed by atoms with Crippen LogP contribution in [0.5, 0.6) is 5.75 Å². The Morgan fingerprint density at radius 1 is 1.00 bits per heavy atom. The summed E-state index contributed by atoms with van der Waals surface area (Å²) in [5.41, 5.74) is 7.06. The van der Waals surface area contributed by atoms with Gasteiger partial charge in [-0.25, -0.2) is 4.39 Å². The van der Waals surface area contributed by atoms with E-state index in [9.17, 15) is 4.39 Å². The SMILES string of the molecule is COc1cccc(-c2nc(-c3nc(N)nc(N(C)c4cccc(F)c4)n3)no2)c1. The van der Waals surface area contributed by atoms with Crippen LogP contribution in [0.2, 0.25) is 0 Å². The van der Waals surface area contributed by atoms with E-state index >= 15 is 0 Å². The highest BCUT2D eigenvalue weighted by Gasteiger charge is 2.17. The molecule has 2 aromatic heterocycles. The molecule has 10 heteroatoms. The molecule has 4 aromatic rings. The Morgan fingerprint density at radius 2 is 1.83 bits per heavy atom. The predicted octanol–water partition coefficient (Wildman–Crippen LogP) is 3.09. The van der Waals surface area contributed by atoms with E-state index < -0.39 is 0 Å². The summed E-state index contributed by atoms with van der Waals surface area (Å²) < 4.78 is 24.1. The van der Waals surface area contributed by atoms with Crippen LogP contribution in [0.25, 0.3) is 23.1 Å². The molecule has 0 unspecified atom stereocenters. The van der Waals surface area contributed by atoms with Gasteiger partial charge in [-0.15, -0.1) is 0 Å². The third-order valence-corrected chi connectivity index (χ3v) is 4.08. The van der Waals surface area contributed by atoms with Gasteiger partial charge in [0.1, 0.15) is 11.6 Å². The van der Waals surface area contributed by atoms with Gasteiger partial charge in [0.2, 0.25) is 23.5 Å². The number of nitrogen functional groups attached to an aromatic ring is 1. The molecule has 0 radical (unpaired) electrons. The summed E-state index contributed by atoms with van der Waals surface area (Å²) in [4.78, 5) is 18.4. The van der Waals surface area contributed by atoms with Crippen molar-refractivity contribution < 1.29 is 13.7 Å². The van der Waals surface area contributed by atoms with Crippen LogP contribution in [0.15, 0.2) is 53.1 Å². The Balaban J connectivity index is 1.68. The van der Waals surface area contributed by atoms with Crippen LogP contribution in [0.3, 0.4) is 0 Å². The van der Waals surface area contributed by atoms with Crippen molar-refractivity contribution in [1.82, 2.24) is 25.1 Å². The number of benzene rings is 2. The molecule has 0 aliphatic carbocycles. The Bertz CT molecular complexity index is 1160. The number of rotatable bonds is 5. The van der Waals surface area contributed by atoms with Gasteiger partial charge in [0, 0.05) is 18.3 Å². The fourth-order valence-electron chi connectivity index (χ4n) is 2.62. The maximum Gasteiger partial charge on any atom is 0.258 e. The van der Waals surface area contributed by atoms with E-state index in [0.29, 0.717) is 17.0 Å². The lowest BCUT2D eigenvalue weighted by Gasteiger charge is -2.17. The molecule has 9 nitrogen and oxygen atoms in total. The molecule has 0 saturated heterocycles. The van der Waals surface area contributed by atoms with Gasteiger partial charge in [0.05, 0.1) is 7.11 Å². The lowest BCUT2D eigenvalue weighted by molar-refractivity contribution is 0.413. The summed E-state index contributed by atoms with van der Waals surface area (Å²) >= 11 is 0.